The lowest BCUT2D eigenvalue weighted by atomic mass is 10.3. The van der Waals surface area contributed by atoms with Crippen LogP contribution in [-0.2, 0) is 17.1 Å². The topological polar surface area (TPSA) is 110 Å². The lowest BCUT2D eigenvalue weighted by Crippen LogP contribution is -2.32. The van der Waals surface area contributed by atoms with Crippen LogP contribution in [0.5, 0.6) is 0 Å². The van der Waals surface area contributed by atoms with Crippen molar-refractivity contribution >= 4 is 15.8 Å². The van der Waals surface area contributed by atoms with Gasteiger partial charge in [-0.3, -0.25) is 4.68 Å². The molecular weight excluding hydrogens is 244 g/mol. The van der Waals surface area contributed by atoms with Gasteiger partial charge >= 0.3 is 0 Å². The Morgan fingerprint density at radius 3 is 2.59 bits per heavy atom. The highest BCUT2D eigenvalue weighted by atomic mass is 32.2. The Kier molecular flexibility index (Phi) is 4.12. The zero-order chi connectivity index (χ0) is 13.2. The van der Waals surface area contributed by atoms with E-state index in [2.05, 4.69) is 9.82 Å². The third kappa shape index (κ3) is 2.96. The van der Waals surface area contributed by atoms with E-state index in [1.165, 1.54) is 4.68 Å². The van der Waals surface area contributed by atoms with Crippen molar-refractivity contribution in [1.29, 1.82) is 0 Å². The molecule has 0 aliphatic rings. The van der Waals surface area contributed by atoms with Gasteiger partial charge < -0.3 is 10.8 Å². The largest absolute Gasteiger partial charge is 0.392 e. The molecule has 7 nitrogen and oxygen atoms in total. The standard InChI is InChI=1S/C9H18N4O3S/c1-4-7(14)5-11-17(15,16)8-6(2)13(3)12-9(8)10/h7,11,14H,4-5H2,1-3H3,(H2,10,12). The summed E-state index contributed by atoms with van der Waals surface area (Å²) in [6, 6.07) is 0. The van der Waals surface area contributed by atoms with Crippen LogP contribution in [0.4, 0.5) is 5.82 Å². The average Bonchev–Trinajstić information content (AvgIpc) is 2.50. The van der Waals surface area contributed by atoms with Crippen molar-refractivity contribution in [2.75, 3.05) is 12.3 Å². The van der Waals surface area contributed by atoms with Crippen LogP contribution < -0.4 is 10.5 Å². The van der Waals surface area contributed by atoms with Gasteiger partial charge in [0.05, 0.1) is 11.8 Å². The summed E-state index contributed by atoms with van der Waals surface area (Å²) in [5, 5.41) is 13.2. The number of sulfonamides is 1. The monoisotopic (exact) mass is 262 g/mol. The molecule has 8 heteroatoms. The molecule has 17 heavy (non-hydrogen) atoms. The first-order chi connectivity index (χ1) is 7.79. The van der Waals surface area contributed by atoms with Crippen LogP contribution >= 0.6 is 0 Å². The summed E-state index contributed by atoms with van der Waals surface area (Å²) in [7, 11) is -2.11. The van der Waals surface area contributed by atoms with E-state index in [4.69, 9.17) is 5.73 Å². The van der Waals surface area contributed by atoms with Gasteiger partial charge in [0.2, 0.25) is 10.0 Å². The summed E-state index contributed by atoms with van der Waals surface area (Å²) in [5.41, 5.74) is 6.01. The maximum atomic E-state index is 12.0. The number of nitrogens with one attached hydrogen (secondary N) is 1. The number of hydrogen-bond acceptors (Lipinski definition) is 5. The van der Waals surface area contributed by atoms with Gasteiger partial charge in [-0.25, -0.2) is 13.1 Å². The number of nitrogens with two attached hydrogens (primary N) is 1. The van der Waals surface area contributed by atoms with E-state index in [1.807, 2.05) is 0 Å². The molecule has 0 amide bonds. The average molecular weight is 262 g/mol. The lowest BCUT2D eigenvalue weighted by molar-refractivity contribution is 0.174. The summed E-state index contributed by atoms with van der Waals surface area (Å²) in [6.07, 6.45) is -0.229. The number of anilines is 1. The molecule has 0 aromatic carbocycles. The van der Waals surface area contributed by atoms with E-state index >= 15 is 0 Å². The molecule has 0 bridgehead atoms. The van der Waals surface area contributed by atoms with Gasteiger partial charge in [0.1, 0.15) is 4.90 Å². The summed E-state index contributed by atoms with van der Waals surface area (Å²) in [6.45, 7) is 3.35. The van der Waals surface area contributed by atoms with Gasteiger partial charge in [0, 0.05) is 13.6 Å². The molecule has 4 N–H and O–H groups in total. The molecule has 1 rings (SSSR count). The molecule has 0 aliphatic carbocycles. The first-order valence-corrected chi connectivity index (χ1v) is 6.74. The van der Waals surface area contributed by atoms with Gasteiger partial charge in [0.15, 0.2) is 5.82 Å². The molecule has 1 unspecified atom stereocenters. The highest BCUT2D eigenvalue weighted by Gasteiger charge is 2.24. The Morgan fingerprint density at radius 1 is 1.59 bits per heavy atom. The maximum absolute atomic E-state index is 12.0. The van der Waals surface area contributed by atoms with E-state index in [-0.39, 0.29) is 17.3 Å². The number of hydrogen-bond donors (Lipinski definition) is 3. The van der Waals surface area contributed by atoms with Crippen LogP contribution in [0.2, 0.25) is 0 Å². The Morgan fingerprint density at radius 2 is 2.18 bits per heavy atom. The predicted molar refractivity (Wildman–Crippen MR) is 63.8 cm³/mol. The van der Waals surface area contributed by atoms with Crippen LogP contribution in [0, 0.1) is 6.92 Å². The summed E-state index contributed by atoms with van der Waals surface area (Å²) in [5.74, 6) is -0.0384. The van der Waals surface area contributed by atoms with Gasteiger partial charge in [-0.15, -0.1) is 0 Å². The predicted octanol–water partition coefficient (Wildman–Crippen LogP) is -0.640. The number of rotatable bonds is 5. The first kappa shape index (κ1) is 13.9. The van der Waals surface area contributed by atoms with Crippen molar-refractivity contribution in [2.45, 2.75) is 31.3 Å². The Bertz CT molecular complexity index is 495. The fourth-order valence-electron chi connectivity index (χ4n) is 1.37. The minimum atomic E-state index is -3.72. The number of nitrogens with zero attached hydrogens (tertiary/aromatic N) is 2. The molecule has 0 fully saturated rings. The normalized spacial score (nSPS) is 13.9. The molecule has 1 heterocycles. The number of nitrogen functional groups attached to an aromatic ring is 1. The van der Waals surface area contributed by atoms with Gasteiger partial charge in [-0.1, -0.05) is 6.92 Å². The molecule has 1 aromatic rings. The van der Waals surface area contributed by atoms with E-state index < -0.39 is 16.1 Å². The smallest absolute Gasteiger partial charge is 0.246 e. The third-order valence-corrected chi connectivity index (χ3v) is 4.14. The van der Waals surface area contributed by atoms with Crippen LogP contribution in [0.15, 0.2) is 4.90 Å². The zero-order valence-electron chi connectivity index (χ0n) is 10.1. The second-order valence-corrected chi connectivity index (χ2v) is 5.54. The molecule has 0 saturated carbocycles. The third-order valence-electron chi connectivity index (χ3n) is 2.55. The number of aryl methyl sites for hydroxylation is 1. The van der Waals surface area contributed by atoms with Crippen molar-refractivity contribution in [3.63, 3.8) is 0 Å². The van der Waals surface area contributed by atoms with Crippen LogP contribution in [0.1, 0.15) is 19.0 Å². The number of aliphatic hydroxyl groups excluding tert-OH is 1. The van der Waals surface area contributed by atoms with E-state index in [9.17, 15) is 13.5 Å². The van der Waals surface area contributed by atoms with Crippen molar-refractivity contribution in [2.24, 2.45) is 7.05 Å². The van der Waals surface area contributed by atoms with Crippen molar-refractivity contribution in [3.8, 4) is 0 Å². The first-order valence-electron chi connectivity index (χ1n) is 5.26. The van der Waals surface area contributed by atoms with E-state index in [0.717, 1.165) is 0 Å². The zero-order valence-corrected chi connectivity index (χ0v) is 11.0. The van der Waals surface area contributed by atoms with Crippen molar-refractivity contribution in [3.05, 3.63) is 5.69 Å². The second kappa shape index (κ2) is 5.03. The summed E-state index contributed by atoms with van der Waals surface area (Å²) >= 11 is 0. The molecule has 0 radical (unpaired) electrons. The maximum Gasteiger partial charge on any atom is 0.246 e. The molecule has 1 aromatic heterocycles. The molecule has 0 saturated heterocycles. The minimum Gasteiger partial charge on any atom is -0.392 e. The second-order valence-electron chi connectivity index (χ2n) is 3.84. The highest BCUT2D eigenvalue weighted by Crippen LogP contribution is 2.20. The molecule has 0 aliphatic heterocycles. The quantitative estimate of drug-likeness (QED) is 0.653. The Hall–Kier alpha value is -1.12. The Balaban J connectivity index is 2.98. The van der Waals surface area contributed by atoms with Crippen LogP contribution in [-0.4, -0.2) is 36.0 Å². The summed E-state index contributed by atoms with van der Waals surface area (Å²) in [4.78, 5) is -0.0247. The minimum absolute atomic E-state index is 0.0247. The van der Waals surface area contributed by atoms with E-state index in [1.54, 1.807) is 20.9 Å². The number of aliphatic hydroxyl groups is 1. The fraction of sp³-hybridized carbons (Fsp3) is 0.667. The van der Waals surface area contributed by atoms with Gasteiger partial charge in [-0.05, 0) is 13.3 Å². The van der Waals surface area contributed by atoms with Crippen LogP contribution in [0.3, 0.4) is 0 Å². The highest BCUT2D eigenvalue weighted by molar-refractivity contribution is 7.89. The molecular formula is C9H18N4O3S. The molecule has 1 atom stereocenters. The van der Waals surface area contributed by atoms with E-state index in [0.29, 0.717) is 12.1 Å². The van der Waals surface area contributed by atoms with Gasteiger partial charge in [0.25, 0.3) is 0 Å². The lowest BCUT2D eigenvalue weighted by Gasteiger charge is -2.10. The Labute approximate surface area is 101 Å². The van der Waals surface area contributed by atoms with Gasteiger partial charge in [-0.2, -0.15) is 5.10 Å². The SMILES string of the molecule is CCC(O)CNS(=O)(=O)c1c(N)nn(C)c1C. The molecule has 0 spiro atoms. The van der Waals surface area contributed by atoms with Crippen molar-refractivity contribution < 1.29 is 13.5 Å². The fourth-order valence-corrected chi connectivity index (χ4v) is 2.76. The summed E-state index contributed by atoms with van der Waals surface area (Å²) < 4.78 is 27.6. The van der Waals surface area contributed by atoms with Crippen molar-refractivity contribution in [1.82, 2.24) is 14.5 Å². The van der Waals surface area contributed by atoms with Crippen LogP contribution in [0.25, 0.3) is 0 Å². The molecule has 98 valence electrons. The number of aromatic nitrogens is 2.